The molecule has 0 unspecified atom stereocenters. The van der Waals surface area contributed by atoms with Gasteiger partial charge < -0.3 is 5.21 Å². The van der Waals surface area contributed by atoms with Crippen LogP contribution in [0.3, 0.4) is 0 Å². The summed E-state index contributed by atoms with van der Waals surface area (Å²) in [6, 6.07) is 8.83. The SMILES string of the molecule is CC(=O)/C(=N/O)c1ccccc1. The predicted octanol–water partition coefficient (Wildman–Crippen LogP) is 1.45. The molecular formula is C9H9NO2. The standard InChI is InChI=1S/C9H9NO2/c1-7(11)9(10-12)8-5-3-2-4-6-8/h2-6,12H,1H3/b10-9-. The Morgan fingerprint density at radius 2 is 1.92 bits per heavy atom. The summed E-state index contributed by atoms with van der Waals surface area (Å²) >= 11 is 0. The lowest BCUT2D eigenvalue weighted by Crippen LogP contribution is -2.11. The highest BCUT2D eigenvalue weighted by Gasteiger charge is 2.07. The van der Waals surface area contributed by atoms with E-state index in [2.05, 4.69) is 5.16 Å². The minimum Gasteiger partial charge on any atom is -0.410 e. The molecule has 0 aliphatic carbocycles. The Morgan fingerprint density at radius 3 is 2.33 bits per heavy atom. The number of carbonyl (C=O) groups is 1. The normalized spacial score (nSPS) is 11.2. The molecular weight excluding hydrogens is 154 g/mol. The van der Waals surface area contributed by atoms with E-state index in [1.165, 1.54) is 6.92 Å². The van der Waals surface area contributed by atoms with E-state index in [0.717, 1.165) is 0 Å². The highest BCUT2D eigenvalue weighted by atomic mass is 16.4. The number of hydrogen-bond acceptors (Lipinski definition) is 3. The average molecular weight is 163 g/mol. The van der Waals surface area contributed by atoms with E-state index < -0.39 is 0 Å². The molecule has 0 bridgehead atoms. The molecule has 1 rings (SSSR count). The first-order valence-corrected chi connectivity index (χ1v) is 3.54. The van der Waals surface area contributed by atoms with Gasteiger partial charge in [-0.15, -0.1) is 0 Å². The van der Waals surface area contributed by atoms with Gasteiger partial charge in [0.1, 0.15) is 0 Å². The summed E-state index contributed by atoms with van der Waals surface area (Å²) in [6.45, 7) is 1.36. The molecule has 1 aromatic carbocycles. The molecule has 0 aromatic heterocycles. The second-order valence-electron chi connectivity index (χ2n) is 2.37. The zero-order valence-corrected chi connectivity index (χ0v) is 6.69. The summed E-state index contributed by atoms with van der Waals surface area (Å²) in [4.78, 5) is 10.9. The summed E-state index contributed by atoms with van der Waals surface area (Å²) in [5.41, 5.74) is 0.725. The number of oxime groups is 1. The molecule has 0 heterocycles. The fourth-order valence-corrected chi connectivity index (χ4v) is 0.927. The van der Waals surface area contributed by atoms with Crippen molar-refractivity contribution in [2.75, 3.05) is 0 Å². The highest BCUT2D eigenvalue weighted by Crippen LogP contribution is 2.01. The Labute approximate surface area is 70.3 Å². The quantitative estimate of drug-likeness (QED) is 0.407. The van der Waals surface area contributed by atoms with Gasteiger partial charge in [0.15, 0.2) is 11.5 Å². The Balaban J connectivity index is 3.05. The number of benzene rings is 1. The molecule has 1 N–H and O–H groups in total. The van der Waals surface area contributed by atoms with Crippen LogP contribution in [0.5, 0.6) is 0 Å². The van der Waals surface area contributed by atoms with Gasteiger partial charge in [0.2, 0.25) is 0 Å². The Kier molecular flexibility index (Phi) is 2.58. The minimum absolute atomic E-state index is 0.0931. The summed E-state index contributed by atoms with van der Waals surface area (Å²) < 4.78 is 0. The number of hydrogen-bond donors (Lipinski definition) is 1. The zero-order chi connectivity index (χ0) is 8.97. The van der Waals surface area contributed by atoms with Gasteiger partial charge >= 0.3 is 0 Å². The van der Waals surface area contributed by atoms with Crippen molar-refractivity contribution in [2.24, 2.45) is 5.16 Å². The molecule has 0 spiro atoms. The van der Waals surface area contributed by atoms with Crippen LogP contribution in [-0.4, -0.2) is 16.7 Å². The topological polar surface area (TPSA) is 49.7 Å². The van der Waals surface area contributed by atoms with Crippen LogP contribution in [0, 0.1) is 0 Å². The van der Waals surface area contributed by atoms with Crippen LogP contribution in [0.2, 0.25) is 0 Å². The third-order valence-electron chi connectivity index (χ3n) is 1.48. The molecule has 0 fully saturated rings. The highest BCUT2D eigenvalue weighted by molar-refractivity contribution is 6.45. The number of carbonyl (C=O) groups excluding carboxylic acids is 1. The first-order valence-electron chi connectivity index (χ1n) is 3.54. The van der Waals surface area contributed by atoms with Gasteiger partial charge in [-0.05, 0) is 0 Å². The molecule has 0 amide bonds. The van der Waals surface area contributed by atoms with Gasteiger partial charge in [0.05, 0.1) is 0 Å². The van der Waals surface area contributed by atoms with Crippen molar-refractivity contribution < 1.29 is 10.0 Å². The third-order valence-corrected chi connectivity index (χ3v) is 1.48. The zero-order valence-electron chi connectivity index (χ0n) is 6.69. The molecule has 3 nitrogen and oxygen atoms in total. The van der Waals surface area contributed by atoms with Crippen molar-refractivity contribution in [1.82, 2.24) is 0 Å². The summed E-state index contributed by atoms with van der Waals surface area (Å²) in [5, 5.41) is 11.4. The van der Waals surface area contributed by atoms with E-state index in [0.29, 0.717) is 5.56 Å². The van der Waals surface area contributed by atoms with Crippen LogP contribution in [0.4, 0.5) is 0 Å². The molecule has 0 aliphatic rings. The molecule has 1 aromatic rings. The summed E-state index contributed by atoms with van der Waals surface area (Å²) in [6.07, 6.45) is 0. The molecule has 0 radical (unpaired) electrons. The van der Waals surface area contributed by atoms with Crippen LogP contribution in [0.15, 0.2) is 35.5 Å². The number of rotatable bonds is 2. The fraction of sp³-hybridized carbons (Fsp3) is 0.111. The van der Waals surface area contributed by atoms with E-state index >= 15 is 0 Å². The lowest BCUT2D eigenvalue weighted by Gasteiger charge is -1.97. The van der Waals surface area contributed by atoms with Crippen molar-refractivity contribution in [3.05, 3.63) is 35.9 Å². The van der Waals surface area contributed by atoms with Crippen molar-refractivity contribution in [3.8, 4) is 0 Å². The third kappa shape index (κ3) is 1.69. The van der Waals surface area contributed by atoms with Crippen LogP contribution in [-0.2, 0) is 4.79 Å². The first-order chi connectivity index (χ1) is 5.75. The molecule has 62 valence electrons. The van der Waals surface area contributed by atoms with Crippen molar-refractivity contribution >= 4 is 11.5 Å². The van der Waals surface area contributed by atoms with Gasteiger partial charge in [-0.3, -0.25) is 4.79 Å². The maximum atomic E-state index is 10.9. The average Bonchev–Trinajstić information content (AvgIpc) is 2.07. The Bertz CT molecular complexity index is 304. The van der Waals surface area contributed by atoms with Gasteiger partial charge in [0, 0.05) is 12.5 Å². The van der Waals surface area contributed by atoms with Gasteiger partial charge in [0.25, 0.3) is 0 Å². The smallest absolute Gasteiger partial charge is 0.182 e. The van der Waals surface area contributed by atoms with Gasteiger partial charge in [-0.25, -0.2) is 0 Å². The van der Waals surface area contributed by atoms with Crippen LogP contribution in [0.1, 0.15) is 12.5 Å². The van der Waals surface area contributed by atoms with Gasteiger partial charge in [-0.2, -0.15) is 0 Å². The Morgan fingerprint density at radius 1 is 1.33 bits per heavy atom. The summed E-state index contributed by atoms with van der Waals surface area (Å²) in [7, 11) is 0. The van der Waals surface area contributed by atoms with E-state index in [9.17, 15) is 4.79 Å². The van der Waals surface area contributed by atoms with E-state index in [1.54, 1.807) is 24.3 Å². The molecule has 0 saturated heterocycles. The van der Waals surface area contributed by atoms with Crippen LogP contribution in [0.25, 0.3) is 0 Å². The number of Topliss-reactive ketones (excluding diaryl/α,β-unsaturated/α-hetero) is 1. The monoisotopic (exact) mass is 163 g/mol. The molecule has 3 heteroatoms. The van der Waals surface area contributed by atoms with Crippen molar-refractivity contribution in [2.45, 2.75) is 6.92 Å². The van der Waals surface area contributed by atoms with E-state index in [4.69, 9.17) is 5.21 Å². The van der Waals surface area contributed by atoms with E-state index in [-0.39, 0.29) is 11.5 Å². The molecule has 0 atom stereocenters. The minimum atomic E-state index is -0.247. The molecule has 12 heavy (non-hydrogen) atoms. The Hall–Kier alpha value is -1.64. The van der Waals surface area contributed by atoms with Crippen molar-refractivity contribution in [3.63, 3.8) is 0 Å². The second kappa shape index (κ2) is 3.67. The second-order valence-corrected chi connectivity index (χ2v) is 2.37. The molecule has 0 aliphatic heterocycles. The summed E-state index contributed by atoms with van der Waals surface area (Å²) in [5.74, 6) is -0.247. The largest absolute Gasteiger partial charge is 0.410 e. The van der Waals surface area contributed by atoms with Crippen LogP contribution >= 0.6 is 0 Å². The maximum absolute atomic E-state index is 10.9. The number of nitrogens with zero attached hydrogens (tertiary/aromatic N) is 1. The van der Waals surface area contributed by atoms with E-state index in [1.807, 2.05) is 6.07 Å². The lowest BCUT2D eigenvalue weighted by molar-refractivity contribution is -0.111. The van der Waals surface area contributed by atoms with Gasteiger partial charge in [-0.1, -0.05) is 35.5 Å². The fourth-order valence-electron chi connectivity index (χ4n) is 0.927. The lowest BCUT2D eigenvalue weighted by atomic mass is 10.1. The number of ketones is 1. The van der Waals surface area contributed by atoms with Crippen LogP contribution < -0.4 is 0 Å². The van der Waals surface area contributed by atoms with Crippen molar-refractivity contribution in [1.29, 1.82) is 0 Å². The first kappa shape index (κ1) is 8.46. The maximum Gasteiger partial charge on any atom is 0.182 e. The molecule has 0 saturated carbocycles. The predicted molar refractivity (Wildman–Crippen MR) is 45.4 cm³/mol.